The van der Waals surface area contributed by atoms with Gasteiger partial charge in [0.2, 0.25) is 5.91 Å². The third-order valence-corrected chi connectivity index (χ3v) is 1.69. The van der Waals surface area contributed by atoms with Crippen molar-refractivity contribution >= 4 is 16.8 Å². The molecule has 0 saturated heterocycles. The van der Waals surface area contributed by atoms with Crippen LogP contribution in [0.4, 0.5) is 0 Å². The molecular weight excluding hydrogens is 152 g/mol. The Balaban J connectivity index is 2.79. The minimum absolute atomic E-state index is 0.0903. The third-order valence-electron chi connectivity index (χ3n) is 1.69. The summed E-state index contributed by atoms with van der Waals surface area (Å²) < 4.78 is 1.34. The number of nitrogens with zero attached hydrogens (tertiary/aromatic N) is 2. The van der Waals surface area contributed by atoms with Gasteiger partial charge < -0.3 is 0 Å². The van der Waals surface area contributed by atoms with E-state index in [1.165, 1.54) is 11.6 Å². The van der Waals surface area contributed by atoms with Gasteiger partial charge >= 0.3 is 0 Å². The van der Waals surface area contributed by atoms with Crippen molar-refractivity contribution in [3.8, 4) is 0 Å². The summed E-state index contributed by atoms with van der Waals surface area (Å²) in [7, 11) is 0. The summed E-state index contributed by atoms with van der Waals surface area (Å²) in [6.45, 7) is 1.48. The number of fused-ring (bicyclic) bond motifs is 1. The Morgan fingerprint density at radius 3 is 3.25 bits per heavy atom. The van der Waals surface area contributed by atoms with Crippen molar-refractivity contribution in [2.24, 2.45) is 0 Å². The molecule has 0 atom stereocenters. The first-order chi connectivity index (χ1) is 5.79. The van der Waals surface area contributed by atoms with Crippen molar-refractivity contribution < 1.29 is 4.79 Å². The quantitative estimate of drug-likeness (QED) is 0.583. The van der Waals surface area contributed by atoms with Gasteiger partial charge in [0.05, 0.1) is 11.7 Å². The van der Waals surface area contributed by atoms with Crippen LogP contribution in [0.15, 0.2) is 24.4 Å². The van der Waals surface area contributed by atoms with Gasteiger partial charge in [0.15, 0.2) is 0 Å². The molecule has 0 aliphatic rings. The van der Waals surface area contributed by atoms with Crippen LogP contribution in [0.3, 0.4) is 0 Å². The minimum atomic E-state index is -0.0903. The molecule has 59 valence electrons. The number of hydrogen-bond donors (Lipinski definition) is 0. The van der Waals surface area contributed by atoms with Crippen molar-refractivity contribution in [1.82, 2.24) is 9.78 Å². The number of aromatic nitrogens is 2. The summed E-state index contributed by atoms with van der Waals surface area (Å²) in [5.41, 5.74) is 0.741. The Bertz CT molecular complexity index is 431. The van der Waals surface area contributed by atoms with Crippen molar-refractivity contribution in [2.75, 3.05) is 0 Å². The number of hydrogen-bond acceptors (Lipinski definition) is 2. The summed E-state index contributed by atoms with van der Waals surface area (Å²) in [4.78, 5) is 11.0. The van der Waals surface area contributed by atoms with Crippen molar-refractivity contribution in [2.45, 2.75) is 6.92 Å². The number of benzene rings is 1. The zero-order valence-corrected chi connectivity index (χ0v) is 6.61. The summed E-state index contributed by atoms with van der Waals surface area (Å²) in [5, 5.41) is 4.87. The molecule has 1 heterocycles. The third kappa shape index (κ3) is 0.906. The van der Waals surface area contributed by atoms with Crippen LogP contribution in [0.25, 0.3) is 10.9 Å². The smallest absolute Gasteiger partial charge is 0.244 e. The van der Waals surface area contributed by atoms with E-state index in [0.29, 0.717) is 0 Å². The molecule has 0 aliphatic carbocycles. The fraction of sp³-hybridized carbons (Fsp3) is 0.111. The molecule has 2 aromatic rings. The highest BCUT2D eigenvalue weighted by molar-refractivity contribution is 5.89. The van der Waals surface area contributed by atoms with Gasteiger partial charge in [0.1, 0.15) is 0 Å². The minimum Gasteiger partial charge on any atom is -0.273 e. The van der Waals surface area contributed by atoms with Crippen molar-refractivity contribution in [3.63, 3.8) is 0 Å². The van der Waals surface area contributed by atoms with E-state index in [0.717, 1.165) is 10.9 Å². The molecule has 12 heavy (non-hydrogen) atoms. The summed E-state index contributed by atoms with van der Waals surface area (Å²) in [5.74, 6) is -0.0903. The molecule has 0 saturated carbocycles. The lowest BCUT2D eigenvalue weighted by molar-refractivity contribution is 0.0927. The normalized spacial score (nSPS) is 10.4. The summed E-state index contributed by atoms with van der Waals surface area (Å²) >= 11 is 0. The lowest BCUT2D eigenvalue weighted by Crippen LogP contribution is -2.06. The number of carbonyl (C=O) groups is 1. The largest absolute Gasteiger partial charge is 0.273 e. The summed E-state index contributed by atoms with van der Waals surface area (Å²) in [6.07, 6.45) is 1.66. The van der Waals surface area contributed by atoms with Crippen LogP contribution in [-0.2, 0) is 0 Å². The van der Waals surface area contributed by atoms with E-state index in [1.807, 2.05) is 12.1 Å². The SMILES string of the molecule is CC(=O)n1ncc2ccc[c]c21. The Morgan fingerprint density at radius 2 is 2.50 bits per heavy atom. The average Bonchev–Trinajstić information content (AvgIpc) is 2.47. The topological polar surface area (TPSA) is 34.9 Å². The maximum atomic E-state index is 11.0. The van der Waals surface area contributed by atoms with Gasteiger partial charge in [-0.3, -0.25) is 4.79 Å². The molecule has 0 unspecified atom stereocenters. The highest BCUT2D eigenvalue weighted by atomic mass is 16.2. The maximum absolute atomic E-state index is 11.0. The number of para-hydroxylation sites is 1. The van der Waals surface area contributed by atoms with E-state index in [2.05, 4.69) is 11.2 Å². The second-order valence-electron chi connectivity index (χ2n) is 2.55. The van der Waals surface area contributed by atoms with Crippen LogP contribution in [0.5, 0.6) is 0 Å². The average molecular weight is 159 g/mol. The Hall–Kier alpha value is -1.64. The molecule has 3 nitrogen and oxygen atoms in total. The predicted octanol–water partition coefficient (Wildman–Crippen LogP) is 1.50. The molecule has 0 aliphatic heterocycles. The number of carbonyl (C=O) groups excluding carboxylic acids is 1. The molecule has 0 bridgehead atoms. The van der Waals surface area contributed by atoms with Crippen LogP contribution in [0.2, 0.25) is 0 Å². The van der Waals surface area contributed by atoms with Gasteiger partial charge in [-0.05, 0) is 0 Å². The van der Waals surface area contributed by atoms with E-state index < -0.39 is 0 Å². The fourth-order valence-electron chi connectivity index (χ4n) is 1.15. The molecule has 2 rings (SSSR count). The maximum Gasteiger partial charge on any atom is 0.244 e. The standard InChI is InChI=1S/C9H7N2O/c1-7(12)11-9-5-3-2-4-8(9)6-10-11/h2-4,6H,1H3. The summed E-state index contributed by atoms with van der Waals surface area (Å²) in [6, 6.07) is 8.50. The monoisotopic (exact) mass is 159 g/mol. The van der Waals surface area contributed by atoms with Gasteiger partial charge in [-0.1, -0.05) is 18.2 Å². The van der Waals surface area contributed by atoms with Gasteiger partial charge in [0.25, 0.3) is 0 Å². The van der Waals surface area contributed by atoms with E-state index in [9.17, 15) is 4.79 Å². The van der Waals surface area contributed by atoms with Crippen LogP contribution >= 0.6 is 0 Å². The molecule has 0 fully saturated rings. The lowest BCUT2D eigenvalue weighted by Gasteiger charge is -1.94. The predicted molar refractivity (Wildman–Crippen MR) is 44.9 cm³/mol. The van der Waals surface area contributed by atoms with E-state index in [1.54, 1.807) is 12.3 Å². The Morgan fingerprint density at radius 1 is 1.67 bits per heavy atom. The van der Waals surface area contributed by atoms with Crippen molar-refractivity contribution in [1.29, 1.82) is 0 Å². The highest BCUT2D eigenvalue weighted by Gasteiger charge is 2.03. The van der Waals surface area contributed by atoms with Crippen molar-refractivity contribution in [3.05, 3.63) is 30.5 Å². The lowest BCUT2D eigenvalue weighted by atomic mass is 10.3. The fourth-order valence-corrected chi connectivity index (χ4v) is 1.15. The molecule has 1 aromatic carbocycles. The van der Waals surface area contributed by atoms with Crippen LogP contribution in [-0.4, -0.2) is 15.7 Å². The first kappa shape index (κ1) is 7.03. The van der Waals surface area contributed by atoms with E-state index in [4.69, 9.17) is 0 Å². The van der Waals surface area contributed by atoms with Crippen LogP contribution < -0.4 is 0 Å². The first-order valence-electron chi connectivity index (χ1n) is 3.64. The molecule has 0 amide bonds. The van der Waals surface area contributed by atoms with Gasteiger partial charge in [-0.15, -0.1) is 0 Å². The van der Waals surface area contributed by atoms with Gasteiger partial charge in [-0.2, -0.15) is 9.78 Å². The molecular formula is C9H7N2O. The second kappa shape index (κ2) is 2.44. The number of rotatable bonds is 0. The van der Waals surface area contributed by atoms with E-state index in [-0.39, 0.29) is 5.91 Å². The first-order valence-corrected chi connectivity index (χ1v) is 3.64. The van der Waals surface area contributed by atoms with Gasteiger partial charge in [0, 0.05) is 18.4 Å². The molecule has 0 spiro atoms. The van der Waals surface area contributed by atoms with E-state index >= 15 is 0 Å². The molecule has 1 radical (unpaired) electrons. The Kier molecular flexibility index (Phi) is 1.43. The van der Waals surface area contributed by atoms with Crippen LogP contribution in [0, 0.1) is 6.07 Å². The van der Waals surface area contributed by atoms with Crippen LogP contribution in [0.1, 0.15) is 11.7 Å². The highest BCUT2D eigenvalue weighted by Crippen LogP contribution is 2.11. The molecule has 3 heteroatoms. The second-order valence-corrected chi connectivity index (χ2v) is 2.55. The Labute approximate surface area is 69.6 Å². The molecule has 1 aromatic heterocycles. The zero-order valence-electron chi connectivity index (χ0n) is 6.61. The zero-order chi connectivity index (χ0) is 8.55. The van der Waals surface area contributed by atoms with Gasteiger partial charge in [-0.25, -0.2) is 0 Å². The molecule has 0 N–H and O–H groups in total.